The van der Waals surface area contributed by atoms with Gasteiger partial charge in [-0.05, 0) is 36.9 Å². The van der Waals surface area contributed by atoms with E-state index in [9.17, 15) is 0 Å². The summed E-state index contributed by atoms with van der Waals surface area (Å²) in [7, 11) is 0. The fraction of sp³-hybridized carbons (Fsp3) is 0.429. The molecule has 1 aromatic carbocycles. The molecule has 2 aromatic rings. The van der Waals surface area contributed by atoms with Crippen molar-refractivity contribution >= 4 is 10.9 Å². The van der Waals surface area contributed by atoms with Gasteiger partial charge in [0.15, 0.2) is 0 Å². The standard InChI is InChI=1S/C14H20N2/c1-10-13(14(2,3)8-9-15)11-6-4-5-7-12(11)16-10/h4-7,16H,8-9,15H2,1-3H3. The van der Waals surface area contributed by atoms with E-state index < -0.39 is 0 Å². The third kappa shape index (κ3) is 1.74. The van der Waals surface area contributed by atoms with Gasteiger partial charge in [0.1, 0.15) is 0 Å². The molecule has 0 fully saturated rings. The summed E-state index contributed by atoms with van der Waals surface area (Å²) in [4.78, 5) is 3.45. The van der Waals surface area contributed by atoms with Gasteiger partial charge in [0.05, 0.1) is 0 Å². The number of nitrogens with two attached hydrogens (primary N) is 1. The fourth-order valence-electron chi connectivity index (χ4n) is 2.63. The second kappa shape index (κ2) is 3.95. The van der Waals surface area contributed by atoms with Crippen LogP contribution in [0.3, 0.4) is 0 Å². The minimum absolute atomic E-state index is 0.137. The van der Waals surface area contributed by atoms with E-state index in [1.807, 2.05) is 0 Å². The van der Waals surface area contributed by atoms with Crippen LogP contribution < -0.4 is 5.73 Å². The second-order valence-electron chi connectivity index (χ2n) is 5.09. The predicted octanol–water partition coefficient (Wildman–Crippen LogP) is 3.10. The van der Waals surface area contributed by atoms with Gasteiger partial charge in [0, 0.05) is 16.6 Å². The third-order valence-corrected chi connectivity index (χ3v) is 3.34. The summed E-state index contributed by atoms with van der Waals surface area (Å²) >= 11 is 0. The van der Waals surface area contributed by atoms with E-state index in [1.54, 1.807) is 0 Å². The Bertz CT molecular complexity index is 494. The molecule has 16 heavy (non-hydrogen) atoms. The highest BCUT2D eigenvalue weighted by Gasteiger charge is 2.25. The zero-order valence-corrected chi connectivity index (χ0v) is 10.3. The van der Waals surface area contributed by atoms with E-state index in [-0.39, 0.29) is 5.41 Å². The molecule has 0 saturated carbocycles. The monoisotopic (exact) mass is 216 g/mol. The second-order valence-corrected chi connectivity index (χ2v) is 5.09. The van der Waals surface area contributed by atoms with Crippen LogP contribution in [0.15, 0.2) is 24.3 Å². The normalized spacial score (nSPS) is 12.2. The van der Waals surface area contributed by atoms with Crippen LogP contribution in [0.1, 0.15) is 31.5 Å². The lowest BCUT2D eigenvalue weighted by molar-refractivity contribution is 0.489. The number of fused-ring (bicyclic) bond motifs is 1. The summed E-state index contributed by atoms with van der Waals surface area (Å²) in [5, 5.41) is 1.33. The number of nitrogens with one attached hydrogen (secondary N) is 1. The summed E-state index contributed by atoms with van der Waals surface area (Å²) in [6.45, 7) is 7.41. The molecule has 0 amide bonds. The van der Waals surface area contributed by atoms with Gasteiger partial charge in [-0.1, -0.05) is 32.0 Å². The Balaban J connectivity index is 2.63. The molecular weight excluding hydrogens is 196 g/mol. The van der Waals surface area contributed by atoms with Crippen LogP contribution >= 0.6 is 0 Å². The minimum atomic E-state index is 0.137. The van der Waals surface area contributed by atoms with Gasteiger partial charge in [0.25, 0.3) is 0 Å². The molecule has 1 heterocycles. The average molecular weight is 216 g/mol. The SMILES string of the molecule is Cc1[nH]c2ccccc2c1C(C)(C)CCN. The number of aromatic amines is 1. The summed E-state index contributed by atoms with van der Waals surface area (Å²) < 4.78 is 0. The minimum Gasteiger partial charge on any atom is -0.358 e. The van der Waals surface area contributed by atoms with Crippen molar-refractivity contribution in [1.29, 1.82) is 0 Å². The third-order valence-electron chi connectivity index (χ3n) is 3.34. The highest BCUT2D eigenvalue weighted by atomic mass is 14.7. The molecule has 0 saturated heterocycles. The van der Waals surface area contributed by atoms with Gasteiger partial charge in [0.2, 0.25) is 0 Å². The van der Waals surface area contributed by atoms with E-state index >= 15 is 0 Å². The number of rotatable bonds is 3. The van der Waals surface area contributed by atoms with Gasteiger partial charge in [-0.2, -0.15) is 0 Å². The van der Waals surface area contributed by atoms with Crippen LogP contribution in [0, 0.1) is 6.92 Å². The molecule has 0 bridgehead atoms. The smallest absolute Gasteiger partial charge is 0.0459 e. The number of aryl methyl sites for hydroxylation is 1. The number of H-pyrrole nitrogens is 1. The number of aromatic nitrogens is 1. The molecule has 86 valence electrons. The number of hydrogen-bond acceptors (Lipinski definition) is 1. The van der Waals surface area contributed by atoms with Crippen molar-refractivity contribution in [3.05, 3.63) is 35.5 Å². The molecule has 3 N–H and O–H groups in total. The summed E-state index contributed by atoms with van der Waals surface area (Å²) in [6, 6.07) is 8.48. The molecule has 0 aliphatic rings. The van der Waals surface area contributed by atoms with Crippen LogP contribution in [0.4, 0.5) is 0 Å². The zero-order valence-electron chi connectivity index (χ0n) is 10.3. The van der Waals surface area contributed by atoms with Crippen molar-refractivity contribution in [2.75, 3.05) is 6.54 Å². The Kier molecular flexibility index (Phi) is 2.76. The topological polar surface area (TPSA) is 41.8 Å². The van der Waals surface area contributed by atoms with Crippen molar-refractivity contribution in [2.24, 2.45) is 5.73 Å². The van der Waals surface area contributed by atoms with E-state index in [0.717, 1.165) is 13.0 Å². The Morgan fingerprint density at radius 3 is 2.62 bits per heavy atom. The lowest BCUT2D eigenvalue weighted by Gasteiger charge is -2.25. The number of benzene rings is 1. The van der Waals surface area contributed by atoms with Crippen LogP contribution in [0.5, 0.6) is 0 Å². The van der Waals surface area contributed by atoms with Crippen LogP contribution in [0.25, 0.3) is 10.9 Å². The van der Waals surface area contributed by atoms with Crippen LogP contribution in [0.2, 0.25) is 0 Å². The maximum absolute atomic E-state index is 5.70. The fourth-order valence-corrected chi connectivity index (χ4v) is 2.63. The Morgan fingerprint density at radius 1 is 1.25 bits per heavy atom. The van der Waals surface area contributed by atoms with Crippen molar-refractivity contribution in [3.8, 4) is 0 Å². The van der Waals surface area contributed by atoms with E-state index in [2.05, 4.69) is 50.0 Å². The van der Waals surface area contributed by atoms with Crippen molar-refractivity contribution in [2.45, 2.75) is 32.6 Å². The van der Waals surface area contributed by atoms with Gasteiger partial charge in [-0.15, -0.1) is 0 Å². The van der Waals surface area contributed by atoms with Crippen molar-refractivity contribution in [3.63, 3.8) is 0 Å². The van der Waals surface area contributed by atoms with Gasteiger partial charge >= 0.3 is 0 Å². The lowest BCUT2D eigenvalue weighted by atomic mass is 9.80. The summed E-state index contributed by atoms with van der Waals surface area (Å²) in [5.74, 6) is 0. The molecule has 2 heteroatoms. The largest absolute Gasteiger partial charge is 0.358 e. The number of para-hydroxylation sites is 1. The molecule has 0 aliphatic carbocycles. The first kappa shape index (κ1) is 11.2. The predicted molar refractivity (Wildman–Crippen MR) is 69.7 cm³/mol. The maximum Gasteiger partial charge on any atom is 0.0459 e. The van der Waals surface area contributed by atoms with Crippen molar-refractivity contribution < 1.29 is 0 Å². The van der Waals surface area contributed by atoms with Gasteiger partial charge in [-0.3, -0.25) is 0 Å². The lowest BCUT2D eigenvalue weighted by Crippen LogP contribution is -2.22. The molecule has 0 unspecified atom stereocenters. The highest BCUT2D eigenvalue weighted by molar-refractivity contribution is 5.85. The van der Waals surface area contributed by atoms with E-state index in [1.165, 1.54) is 22.2 Å². The summed E-state index contributed by atoms with van der Waals surface area (Å²) in [6.07, 6.45) is 1.01. The molecule has 0 radical (unpaired) electrons. The first-order valence-corrected chi connectivity index (χ1v) is 5.84. The summed E-state index contributed by atoms with van der Waals surface area (Å²) in [5.41, 5.74) is 9.74. The molecular formula is C14H20N2. The Labute approximate surface area is 96.9 Å². The van der Waals surface area contributed by atoms with Gasteiger partial charge < -0.3 is 10.7 Å². The van der Waals surface area contributed by atoms with Crippen LogP contribution in [-0.2, 0) is 5.41 Å². The first-order chi connectivity index (χ1) is 7.56. The molecule has 2 nitrogen and oxygen atoms in total. The molecule has 0 atom stereocenters. The molecule has 2 rings (SSSR count). The quantitative estimate of drug-likeness (QED) is 0.813. The average Bonchev–Trinajstić information content (AvgIpc) is 2.53. The Hall–Kier alpha value is -1.28. The van der Waals surface area contributed by atoms with Crippen molar-refractivity contribution in [1.82, 2.24) is 4.98 Å². The molecule has 1 aromatic heterocycles. The maximum atomic E-state index is 5.70. The molecule has 0 spiro atoms. The zero-order chi connectivity index (χ0) is 11.8. The Morgan fingerprint density at radius 2 is 1.94 bits per heavy atom. The first-order valence-electron chi connectivity index (χ1n) is 5.84. The van der Waals surface area contributed by atoms with E-state index in [4.69, 9.17) is 5.73 Å². The van der Waals surface area contributed by atoms with Gasteiger partial charge in [-0.25, -0.2) is 0 Å². The number of hydrogen-bond donors (Lipinski definition) is 2. The highest BCUT2D eigenvalue weighted by Crippen LogP contribution is 2.35. The molecule has 0 aliphatic heterocycles. The van der Waals surface area contributed by atoms with Crippen LogP contribution in [-0.4, -0.2) is 11.5 Å². The van der Waals surface area contributed by atoms with E-state index in [0.29, 0.717) is 0 Å².